The number of nitrogens with zero attached hydrogens (tertiary/aromatic N) is 1. The van der Waals surface area contributed by atoms with Crippen molar-refractivity contribution in [2.45, 2.75) is 71.1 Å². The number of hydrogen-bond acceptors (Lipinski definition) is 4. The maximum Gasteiger partial charge on any atom is 0.0897 e. The van der Waals surface area contributed by atoms with Crippen LogP contribution in [0.25, 0.3) is 0 Å². The van der Waals surface area contributed by atoms with Crippen molar-refractivity contribution in [2.75, 3.05) is 33.3 Å². The molecule has 1 rings (SSSR count). The van der Waals surface area contributed by atoms with Gasteiger partial charge in [-0.15, -0.1) is 0 Å². The smallest absolute Gasteiger partial charge is 0.0897 e. The van der Waals surface area contributed by atoms with Gasteiger partial charge in [-0.3, -0.25) is 0 Å². The minimum absolute atomic E-state index is 0.361. The van der Waals surface area contributed by atoms with Gasteiger partial charge in [-0.2, -0.15) is 0 Å². The molecular formula is C17H36N2O2. The Kier molecular flexibility index (Phi) is 9.49. The first-order chi connectivity index (χ1) is 10.0. The fourth-order valence-electron chi connectivity index (χ4n) is 2.89. The van der Waals surface area contributed by atoms with Crippen LogP contribution in [0.1, 0.15) is 52.9 Å². The molecule has 0 amide bonds. The molecule has 0 bridgehead atoms. The molecule has 0 aliphatic heterocycles. The maximum absolute atomic E-state index is 9.97. The highest BCUT2D eigenvalue weighted by Gasteiger charge is 2.20. The topological polar surface area (TPSA) is 44.7 Å². The van der Waals surface area contributed by atoms with E-state index in [-0.39, 0.29) is 0 Å². The Bertz CT molecular complexity index is 263. The van der Waals surface area contributed by atoms with Gasteiger partial charge in [0.2, 0.25) is 0 Å². The summed E-state index contributed by atoms with van der Waals surface area (Å²) in [5, 5.41) is 13.3. The van der Waals surface area contributed by atoms with Gasteiger partial charge in [-0.1, -0.05) is 26.7 Å². The molecule has 4 heteroatoms. The lowest BCUT2D eigenvalue weighted by atomic mass is 9.89. The second kappa shape index (κ2) is 10.5. The van der Waals surface area contributed by atoms with E-state index in [2.05, 4.69) is 38.0 Å². The third kappa shape index (κ3) is 8.15. The average Bonchev–Trinajstić information content (AvgIpc) is 2.48. The number of rotatable bonds is 10. The molecule has 4 unspecified atom stereocenters. The van der Waals surface area contributed by atoms with E-state index in [1.807, 2.05) is 0 Å². The Balaban J connectivity index is 2.02. The summed E-state index contributed by atoms with van der Waals surface area (Å²) in [6.45, 7) is 9.76. The van der Waals surface area contributed by atoms with Crippen molar-refractivity contribution in [3.8, 4) is 0 Å². The summed E-state index contributed by atoms with van der Waals surface area (Å²) < 4.78 is 5.85. The summed E-state index contributed by atoms with van der Waals surface area (Å²) in [7, 11) is 2.15. The molecule has 21 heavy (non-hydrogen) atoms. The van der Waals surface area contributed by atoms with Crippen molar-refractivity contribution < 1.29 is 9.84 Å². The van der Waals surface area contributed by atoms with Crippen molar-refractivity contribution in [2.24, 2.45) is 5.92 Å². The summed E-state index contributed by atoms with van der Waals surface area (Å²) in [6.07, 6.45) is 6.04. The molecule has 0 radical (unpaired) electrons. The van der Waals surface area contributed by atoms with Crippen LogP contribution in [0.5, 0.6) is 0 Å². The number of aliphatic hydroxyl groups is 1. The minimum atomic E-state index is -0.392. The fraction of sp³-hybridized carbons (Fsp3) is 1.00. The number of ether oxygens (including phenoxy) is 1. The van der Waals surface area contributed by atoms with Crippen molar-refractivity contribution >= 4 is 0 Å². The largest absolute Gasteiger partial charge is 0.389 e. The Morgan fingerprint density at radius 3 is 2.81 bits per heavy atom. The normalized spacial score (nSPS) is 26.0. The first-order valence-electron chi connectivity index (χ1n) is 8.73. The number of likely N-dealkylation sites (N-methyl/N-ethyl adjacent to an activating group) is 1. The van der Waals surface area contributed by atoms with E-state index in [1.165, 1.54) is 19.3 Å². The predicted molar refractivity (Wildman–Crippen MR) is 88.6 cm³/mol. The third-order valence-corrected chi connectivity index (χ3v) is 4.78. The first-order valence-corrected chi connectivity index (χ1v) is 8.73. The molecule has 0 aromatic heterocycles. The van der Waals surface area contributed by atoms with Crippen LogP contribution in [0.3, 0.4) is 0 Å². The summed E-state index contributed by atoms with van der Waals surface area (Å²) in [5.41, 5.74) is 0. The summed E-state index contributed by atoms with van der Waals surface area (Å²) in [4.78, 5) is 2.35. The molecule has 126 valence electrons. The van der Waals surface area contributed by atoms with Gasteiger partial charge >= 0.3 is 0 Å². The standard InChI is InChI=1S/C17H36N2O2/c1-5-15(3)19(4)10-9-18-12-16(20)13-21-17-8-6-7-14(2)11-17/h14-18,20H,5-13H2,1-4H3. The zero-order valence-corrected chi connectivity index (χ0v) is 14.5. The number of aliphatic hydroxyl groups excluding tert-OH is 1. The van der Waals surface area contributed by atoms with E-state index in [1.54, 1.807) is 0 Å². The van der Waals surface area contributed by atoms with Crippen molar-refractivity contribution in [3.63, 3.8) is 0 Å². The minimum Gasteiger partial charge on any atom is -0.389 e. The highest BCUT2D eigenvalue weighted by atomic mass is 16.5. The van der Waals surface area contributed by atoms with Crippen LogP contribution >= 0.6 is 0 Å². The molecule has 0 aromatic rings. The highest BCUT2D eigenvalue weighted by Crippen LogP contribution is 2.25. The van der Waals surface area contributed by atoms with Gasteiger partial charge in [-0.25, -0.2) is 0 Å². The van der Waals surface area contributed by atoms with E-state index in [0.29, 0.717) is 25.3 Å². The van der Waals surface area contributed by atoms with Crippen molar-refractivity contribution in [1.82, 2.24) is 10.2 Å². The van der Waals surface area contributed by atoms with Gasteiger partial charge in [0.15, 0.2) is 0 Å². The van der Waals surface area contributed by atoms with Crippen molar-refractivity contribution in [1.29, 1.82) is 0 Å². The Hall–Kier alpha value is -0.160. The van der Waals surface area contributed by atoms with E-state index in [0.717, 1.165) is 31.8 Å². The van der Waals surface area contributed by atoms with E-state index in [4.69, 9.17) is 4.74 Å². The molecule has 1 aliphatic rings. The van der Waals surface area contributed by atoms with Crippen LogP contribution in [-0.2, 0) is 4.74 Å². The monoisotopic (exact) mass is 300 g/mol. The quantitative estimate of drug-likeness (QED) is 0.608. The molecule has 4 atom stereocenters. The fourth-order valence-corrected chi connectivity index (χ4v) is 2.89. The molecule has 1 aliphatic carbocycles. The van der Waals surface area contributed by atoms with Gasteiger partial charge in [-0.05, 0) is 39.2 Å². The second-order valence-corrected chi connectivity index (χ2v) is 6.82. The van der Waals surface area contributed by atoms with Gasteiger partial charge < -0.3 is 20.1 Å². The Labute approximate surface area is 131 Å². The molecule has 4 nitrogen and oxygen atoms in total. The van der Waals surface area contributed by atoms with Crippen molar-refractivity contribution in [3.05, 3.63) is 0 Å². The molecule has 1 saturated carbocycles. The molecule has 0 spiro atoms. The maximum atomic E-state index is 9.97. The molecule has 2 N–H and O–H groups in total. The lowest BCUT2D eigenvalue weighted by molar-refractivity contribution is -0.0306. The summed E-state index contributed by atoms with van der Waals surface area (Å²) in [5.74, 6) is 0.773. The molecular weight excluding hydrogens is 264 g/mol. The van der Waals surface area contributed by atoms with Crippen LogP contribution in [0.4, 0.5) is 0 Å². The third-order valence-electron chi connectivity index (χ3n) is 4.78. The lowest BCUT2D eigenvalue weighted by Gasteiger charge is -2.28. The van der Waals surface area contributed by atoms with E-state index in [9.17, 15) is 5.11 Å². The van der Waals surface area contributed by atoms with Gasteiger partial charge in [0.05, 0.1) is 18.8 Å². The van der Waals surface area contributed by atoms with Gasteiger partial charge in [0.1, 0.15) is 0 Å². The van der Waals surface area contributed by atoms with Crippen LogP contribution in [0.15, 0.2) is 0 Å². The lowest BCUT2D eigenvalue weighted by Crippen LogP contribution is -2.38. The van der Waals surface area contributed by atoms with E-state index < -0.39 is 6.10 Å². The van der Waals surface area contributed by atoms with Gasteiger partial charge in [0, 0.05) is 25.7 Å². The van der Waals surface area contributed by atoms with Crippen LogP contribution < -0.4 is 5.32 Å². The SMILES string of the molecule is CCC(C)N(C)CCNCC(O)COC1CCCC(C)C1. The summed E-state index contributed by atoms with van der Waals surface area (Å²) in [6, 6.07) is 0.619. The Morgan fingerprint density at radius 2 is 2.14 bits per heavy atom. The first kappa shape index (κ1) is 18.9. The predicted octanol–water partition coefficient (Wildman–Crippen LogP) is 2.26. The Morgan fingerprint density at radius 1 is 1.38 bits per heavy atom. The highest BCUT2D eigenvalue weighted by molar-refractivity contribution is 4.71. The molecule has 0 aromatic carbocycles. The number of hydrogen-bond donors (Lipinski definition) is 2. The molecule has 0 heterocycles. The van der Waals surface area contributed by atoms with Crippen LogP contribution in [0, 0.1) is 5.92 Å². The molecule has 1 fully saturated rings. The second-order valence-electron chi connectivity index (χ2n) is 6.82. The van der Waals surface area contributed by atoms with Crippen LogP contribution in [0.2, 0.25) is 0 Å². The average molecular weight is 300 g/mol. The zero-order chi connectivity index (χ0) is 15.7. The number of nitrogens with one attached hydrogen (secondary N) is 1. The zero-order valence-electron chi connectivity index (χ0n) is 14.5. The van der Waals surface area contributed by atoms with E-state index >= 15 is 0 Å². The van der Waals surface area contributed by atoms with Gasteiger partial charge in [0.25, 0.3) is 0 Å². The molecule has 0 saturated heterocycles. The van der Waals surface area contributed by atoms with Crippen LogP contribution in [-0.4, -0.2) is 61.5 Å². The summed E-state index contributed by atoms with van der Waals surface area (Å²) >= 11 is 0.